The number of nitrogens with one attached hydrogen (secondary N) is 3. The van der Waals surface area contributed by atoms with Crippen LogP contribution in [0, 0.1) is 5.82 Å². The van der Waals surface area contributed by atoms with Crippen molar-refractivity contribution in [2.45, 2.75) is 33.2 Å². The van der Waals surface area contributed by atoms with E-state index < -0.39 is 5.82 Å². The second kappa shape index (κ2) is 8.26. The largest absolute Gasteiger partial charge is 0.347 e. The van der Waals surface area contributed by atoms with E-state index in [2.05, 4.69) is 10.6 Å². The molecule has 0 aliphatic carbocycles. The molecule has 1 aromatic rings. The van der Waals surface area contributed by atoms with Gasteiger partial charge < -0.3 is 15.5 Å². The van der Waals surface area contributed by atoms with E-state index in [9.17, 15) is 14.0 Å². The summed E-state index contributed by atoms with van der Waals surface area (Å²) in [5.41, 5.74) is -0.278. The first kappa shape index (κ1) is 19.4. The third-order valence-corrected chi connectivity index (χ3v) is 3.27. The van der Waals surface area contributed by atoms with Gasteiger partial charge in [0.1, 0.15) is 5.82 Å². The Morgan fingerprint density at radius 3 is 2.39 bits per heavy atom. The molecule has 5 nitrogen and oxygen atoms in total. The summed E-state index contributed by atoms with van der Waals surface area (Å²) >= 11 is 5.79. The molecule has 1 aromatic carbocycles. The van der Waals surface area contributed by atoms with E-state index in [1.165, 1.54) is 18.2 Å². The fourth-order valence-electron chi connectivity index (χ4n) is 2.02. The lowest BCUT2D eigenvalue weighted by molar-refractivity contribution is -0.881. The normalized spacial score (nSPS) is 12.6. The van der Waals surface area contributed by atoms with Crippen LogP contribution in [0.25, 0.3) is 0 Å². The van der Waals surface area contributed by atoms with E-state index in [0.29, 0.717) is 11.6 Å². The number of carbonyl (C=O) groups is 2. The molecule has 2 amide bonds. The summed E-state index contributed by atoms with van der Waals surface area (Å²) in [7, 11) is 0. The minimum Gasteiger partial charge on any atom is -0.347 e. The molecule has 23 heavy (non-hydrogen) atoms. The molecule has 0 heterocycles. The molecule has 0 aromatic heterocycles. The van der Waals surface area contributed by atoms with Crippen LogP contribution in [-0.2, 0) is 9.59 Å². The molecule has 3 N–H and O–H groups in total. The topological polar surface area (TPSA) is 62.6 Å². The lowest BCUT2D eigenvalue weighted by atomic mass is 10.1. The SMILES string of the molecule is CC[NH+](CC(=O)Nc1cc(Cl)ccc1F)CC(=O)NC(C)(C)C. The fraction of sp³-hybridized carbons (Fsp3) is 0.500. The third kappa shape index (κ3) is 7.43. The number of anilines is 1. The predicted octanol–water partition coefficient (Wildman–Crippen LogP) is 1.24. The number of halogens is 2. The third-order valence-electron chi connectivity index (χ3n) is 3.04. The first-order valence-corrected chi connectivity index (χ1v) is 7.88. The number of benzene rings is 1. The van der Waals surface area contributed by atoms with Crippen LogP contribution in [0.2, 0.25) is 5.02 Å². The summed E-state index contributed by atoms with van der Waals surface area (Å²) in [4.78, 5) is 24.7. The van der Waals surface area contributed by atoms with Gasteiger partial charge in [-0.25, -0.2) is 4.39 Å². The molecule has 0 saturated heterocycles. The zero-order valence-corrected chi connectivity index (χ0v) is 14.7. The van der Waals surface area contributed by atoms with E-state index >= 15 is 0 Å². The molecule has 0 fully saturated rings. The zero-order chi connectivity index (χ0) is 17.6. The summed E-state index contributed by atoms with van der Waals surface area (Å²) in [5.74, 6) is -1.05. The Balaban J connectivity index is 2.59. The average Bonchev–Trinajstić information content (AvgIpc) is 2.40. The summed E-state index contributed by atoms with van der Waals surface area (Å²) in [6.07, 6.45) is 0. The lowest BCUT2D eigenvalue weighted by Gasteiger charge is -2.23. The van der Waals surface area contributed by atoms with E-state index in [1.54, 1.807) is 0 Å². The van der Waals surface area contributed by atoms with Crippen molar-refractivity contribution >= 4 is 29.1 Å². The van der Waals surface area contributed by atoms with Gasteiger partial charge in [-0.2, -0.15) is 0 Å². The smallest absolute Gasteiger partial charge is 0.279 e. The maximum Gasteiger partial charge on any atom is 0.279 e. The summed E-state index contributed by atoms with van der Waals surface area (Å²) in [6.45, 7) is 8.41. The van der Waals surface area contributed by atoms with Crippen molar-refractivity contribution in [2.24, 2.45) is 0 Å². The monoisotopic (exact) mass is 344 g/mol. The maximum atomic E-state index is 13.6. The molecule has 1 unspecified atom stereocenters. The number of hydrogen-bond acceptors (Lipinski definition) is 2. The molecule has 0 bridgehead atoms. The van der Waals surface area contributed by atoms with Gasteiger partial charge in [-0.15, -0.1) is 0 Å². The Morgan fingerprint density at radius 1 is 1.22 bits per heavy atom. The highest BCUT2D eigenvalue weighted by Gasteiger charge is 2.20. The molecule has 128 valence electrons. The van der Waals surface area contributed by atoms with Crippen molar-refractivity contribution in [2.75, 3.05) is 25.0 Å². The summed E-state index contributed by atoms with van der Waals surface area (Å²) in [5, 5.41) is 5.68. The van der Waals surface area contributed by atoms with Gasteiger partial charge in [-0.05, 0) is 45.9 Å². The van der Waals surface area contributed by atoms with Crippen LogP contribution in [0.5, 0.6) is 0 Å². The van der Waals surface area contributed by atoms with Crippen LogP contribution in [0.3, 0.4) is 0 Å². The van der Waals surface area contributed by atoms with Crippen LogP contribution in [-0.4, -0.2) is 37.0 Å². The van der Waals surface area contributed by atoms with Gasteiger partial charge in [0.15, 0.2) is 13.1 Å². The van der Waals surface area contributed by atoms with Gasteiger partial charge in [-0.1, -0.05) is 11.6 Å². The molecule has 0 aliphatic heterocycles. The number of amides is 2. The van der Waals surface area contributed by atoms with E-state index in [-0.39, 0.29) is 36.1 Å². The average molecular weight is 345 g/mol. The van der Waals surface area contributed by atoms with Gasteiger partial charge in [0.25, 0.3) is 11.8 Å². The number of hydrogen-bond donors (Lipinski definition) is 3. The lowest BCUT2D eigenvalue weighted by Crippen LogP contribution is -3.14. The molecule has 0 radical (unpaired) electrons. The van der Waals surface area contributed by atoms with Crippen LogP contribution in [0.1, 0.15) is 27.7 Å². The fourth-order valence-corrected chi connectivity index (χ4v) is 2.19. The predicted molar refractivity (Wildman–Crippen MR) is 89.2 cm³/mol. The molecule has 0 aliphatic rings. The Hall–Kier alpha value is -1.66. The van der Waals surface area contributed by atoms with Crippen LogP contribution in [0.15, 0.2) is 18.2 Å². The molecule has 0 saturated carbocycles. The van der Waals surface area contributed by atoms with E-state index in [0.717, 1.165) is 4.90 Å². The molecule has 7 heteroatoms. The van der Waals surface area contributed by atoms with Crippen molar-refractivity contribution in [3.05, 3.63) is 29.0 Å². The Bertz CT molecular complexity index is 573. The van der Waals surface area contributed by atoms with Crippen molar-refractivity contribution in [3.63, 3.8) is 0 Å². The maximum absolute atomic E-state index is 13.6. The van der Waals surface area contributed by atoms with Gasteiger partial charge in [0, 0.05) is 10.6 Å². The first-order chi connectivity index (χ1) is 10.6. The second-order valence-corrected chi connectivity index (χ2v) is 6.86. The van der Waals surface area contributed by atoms with Gasteiger partial charge in [0.2, 0.25) is 0 Å². The second-order valence-electron chi connectivity index (χ2n) is 6.43. The van der Waals surface area contributed by atoms with Gasteiger partial charge in [-0.3, -0.25) is 9.59 Å². The molecule has 1 atom stereocenters. The van der Waals surface area contributed by atoms with Gasteiger partial charge in [0.05, 0.1) is 12.2 Å². The Kier molecular flexibility index (Phi) is 6.97. The quantitative estimate of drug-likeness (QED) is 0.727. The molecular formula is C16H24ClFN3O2+. The van der Waals surface area contributed by atoms with Crippen LogP contribution >= 0.6 is 11.6 Å². The van der Waals surface area contributed by atoms with Crippen molar-refractivity contribution < 1.29 is 18.9 Å². The Morgan fingerprint density at radius 2 is 1.83 bits per heavy atom. The van der Waals surface area contributed by atoms with E-state index in [1.807, 2.05) is 27.7 Å². The number of rotatable bonds is 6. The first-order valence-electron chi connectivity index (χ1n) is 7.50. The molecule has 0 spiro atoms. The highest BCUT2D eigenvalue weighted by Crippen LogP contribution is 2.19. The van der Waals surface area contributed by atoms with Crippen molar-refractivity contribution in [3.8, 4) is 0 Å². The van der Waals surface area contributed by atoms with Crippen LogP contribution < -0.4 is 15.5 Å². The minimum absolute atomic E-state index is 0.0390. The molecular weight excluding hydrogens is 321 g/mol. The van der Waals surface area contributed by atoms with E-state index in [4.69, 9.17) is 11.6 Å². The standard InChI is InChI=1S/C16H23ClFN3O2/c1-5-21(10-15(23)20-16(2,3)4)9-14(22)19-13-8-11(17)6-7-12(13)18/h6-8H,5,9-10H2,1-4H3,(H,19,22)(H,20,23)/p+1. The minimum atomic E-state index is -0.550. The highest BCUT2D eigenvalue weighted by atomic mass is 35.5. The van der Waals surface area contributed by atoms with Crippen molar-refractivity contribution in [1.82, 2.24) is 5.32 Å². The zero-order valence-electron chi connectivity index (χ0n) is 13.9. The number of quaternary nitrogens is 1. The summed E-state index contributed by atoms with van der Waals surface area (Å²) < 4.78 is 13.6. The molecule has 1 rings (SSSR count). The number of likely N-dealkylation sites (N-methyl/N-ethyl adjacent to an activating group) is 1. The highest BCUT2D eigenvalue weighted by molar-refractivity contribution is 6.30. The number of carbonyl (C=O) groups excluding carboxylic acids is 2. The Labute approximate surface area is 141 Å². The van der Waals surface area contributed by atoms with Crippen LogP contribution in [0.4, 0.5) is 10.1 Å². The summed E-state index contributed by atoms with van der Waals surface area (Å²) in [6, 6.07) is 3.96. The van der Waals surface area contributed by atoms with Gasteiger partial charge >= 0.3 is 0 Å². The van der Waals surface area contributed by atoms with Crippen molar-refractivity contribution in [1.29, 1.82) is 0 Å².